The van der Waals surface area contributed by atoms with Crippen LogP contribution in [0.4, 0.5) is 0 Å². The fourth-order valence-electron chi connectivity index (χ4n) is 3.16. The normalized spacial score (nSPS) is 8.23. The second-order valence-corrected chi connectivity index (χ2v) is 7.37. The molecule has 0 unspecified atom stereocenters. The molecule has 2 N–H and O–H groups in total. The van der Waals surface area contributed by atoms with Gasteiger partial charge in [-0.15, -0.1) is 0 Å². The number of nitrogens with zero attached hydrogens (tertiary/aromatic N) is 10. The molecule has 0 spiro atoms. The summed E-state index contributed by atoms with van der Waals surface area (Å²) in [5, 5.41) is 73.0. The molecule has 0 amide bonds. The van der Waals surface area contributed by atoms with Crippen LogP contribution in [0.15, 0.2) is 97.6 Å². The Bertz CT molecular complexity index is 1440. The van der Waals surface area contributed by atoms with Gasteiger partial charge in [0.1, 0.15) is 22.8 Å². The van der Waals surface area contributed by atoms with Crippen molar-refractivity contribution in [1.29, 1.82) is 0 Å². The van der Waals surface area contributed by atoms with Crippen molar-refractivity contribution in [3.63, 3.8) is 0 Å². The van der Waals surface area contributed by atoms with Gasteiger partial charge in [0, 0.05) is 39.0 Å². The number of aliphatic hydroxyl groups is 2. The first kappa shape index (κ1) is 53.0. The second kappa shape index (κ2) is 32.4. The molecule has 266 valence electrons. The summed E-state index contributed by atoms with van der Waals surface area (Å²) in [6.07, 6.45) is 6.97. The zero-order valence-corrected chi connectivity index (χ0v) is 35.0. The Morgan fingerprint density at radius 2 is 0.538 bits per heavy atom. The van der Waals surface area contributed by atoms with E-state index in [1.165, 1.54) is 0 Å². The van der Waals surface area contributed by atoms with Crippen LogP contribution in [0.5, 0.6) is 0 Å². The van der Waals surface area contributed by atoms with Crippen LogP contribution < -0.4 is 0 Å². The quantitative estimate of drug-likeness (QED) is 0.149. The Balaban J connectivity index is -0.000000441. The van der Waals surface area contributed by atoms with E-state index in [9.17, 15) is 0 Å². The summed E-state index contributed by atoms with van der Waals surface area (Å²) in [5.41, 5.74) is 5.46. The van der Waals surface area contributed by atoms with Crippen molar-refractivity contribution in [3.05, 3.63) is 159 Å². The number of aromatic nitrogens is 6. The molecule has 0 bridgehead atoms. The molecule has 0 aliphatic carbocycles. The third-order valence-corrected chi connectivity index (χ3v) is 4.53. The van der Waals surface area contributed by atoms with Crippen molar-refractivity contribution >= 4 is 0 Å². The van der Waals surface area contributed by atoms with E-state index in [0.717, 1.165) is 37.0 Å². The summed E-state index contributed by atoms with van der Waals surface area (Å²) in [7, 11) is 2.00. The SMILES string of the molecule is CO.CO.O=[N+]([O-])[O-].O=[N+]([O-])[O-].O=[N+]([O-])[O-].O=[N+]([O-])[O-].[Cd+2].[Cd+2].c1ccc(-c2nc(-c3ccccn3)c(-c3ccccn3)nc2-c2ccccn2)nc1. The molecular formula is C26H24Cd2N10O14. The molecule has 5 rings (SSSR count). The van der Waals surface area contributed by atoms with E-state index < -0.39 is 20.3 Å². The molecule has 0 saturated carbocycles. The number of rotatable bonds is 4. The minimum Gasteiger partial charge on any atom is -0.400 e. The van der Waals surface area contributed by atoms with Crippen molar-refractivity contribution in [2.45, 2.75) is 0 Å². The summed E-state index contributed by atoms with van der Waals surface area (Å²) in [5.74, 6) is 0. The largest absolute Gasteiger partial charge is 2.00 e. The van der Waals surface area contributed by atoms with Gasteiger partial charge in [-0.25, -0.2) is 9.97 Å². The molecule has 5 aromatic rings. The minimum atomic E-state index is -1.75. The summed E-state index contributed by atoms with van der Waals surface area (Å²) in [6.45, 7) is 0. The van der Waals surface area contributed by atoms with Crippen LogP contribution in [0.2, 0.25) is 0 Å². The molecule has 0 fully saturated rings. The first-order valence-electron chi connectivity index (χ1n) is 12.6. The van der Waals surface area contributed by atoms with Crippen LogP contribution in [-0.2, 0) is 54.6 Å². The van der Waals surface area contributed by atoms with Gasteiger partial charge in [-0.2, -0.15) is 0 Å². The summed E-state index contributed by atoms with van der Waals surface area (Å²) >= 11 is 0. The predicted molar refractivity (Wildman–Crippen MR) is 173 cm³/mol. The van der Waals surface area contributed by atoms with Gasteiger partial charge in [0.2, 0.25) is 0 Å². The van der Waals surface area contributed by atoms with Crippen molar-refractivity contribution in [3.8, 4) is 45.6 Å². The Labute approximate surface area is 332 Å². The number of aliphatic hydroxyl groups excluding tert-OH is 2. The van der Waals surface area contributed by atoms with Crippen LogP contribution >= 0.6 is 0 Å². The monoisotopic (exact) mass is 928 g/mol. The van der Waals surface area contributed by atoms with Crippen LogP contribution in [-0.4, -0.2) is 74.7 Å². The molecule has 0 saturated heterocycles. The standard InChI is InChI=1S/C24H16N6.2CH4O.2Cd.4NO3/c1-5-13-25-17(9-1)21-22(18-10-2-6-14-26-18)30-24(20-12-4-8-16-28-20)23(29-21)19-11-3-7-15-27-19;2*1-2;;;4*2-1(3)4/h1-16H;2*2H,1H3;;;;;;/q;;;2*+2;4*-1. The molecule has 0 aromatic carbocycles. The van der Waals surface area contributed by atoms with E-state index >= 15 is 0 Å². The first-order valence-corrected chi connectivity index (χ1v) is 12.6. The smallest absolute Gasteiger partial charge is 0.400 e. The Morgan fingerprint density at radius 3 is 0.654 bits per heavy atom. The van der Waals surface area contributed by atoms with E-state index in [2.05, 4.69) is 19.9 Å². The van der Waals surface area contributed by atoms with Gasteiger partial charge in [0.15, 0.2) is 0 Å². The molecule has 5 heterocycles. The third kappa shape index (κ3) is 24.4. The van der Waals surface area contributed by atoms with Crippen LogP contribution in [0.25, 0.3) is 45.6 Å². The van der Waals surface area contributed by atoms with Gasteiger partial charge in [-0.1, -0.05) is 24.3 Å². The zero-order valence-electron chi connectivity index (χ0n) is 26.9. The number of pyridine rings is 4. The average Bonchev–Trinajstić information content (AvgIpc) is 3.10. The van der Waals surface area contributed by atoms with E-state index in [0.29, 0.717) is 22.8 Å². The van der Waals surface area contributed by atoms with Gasteiger partial charge in [0.25, 0.3) is 0 Å². The average molecular weight is 925 g/mol. The minimum absolute atomic E-state index is 0. The van der Waals surface area contributed by atoms with Crippen molar-refractivity contribution < 1.29 is 85.2 Å². The van der Waals surface area contributed by atoms with Gasteiger partial charge >= 0.3 is 54.6 Å². The Kier molecular flexibility index (Phi) is 33.1. The maximum absolute atomic E-state index is 8.25. The molecule has 24 nitrogen and oxygen atoms in total. The topological polar surface area (TPSA) is 383 Å². The van der Waals surface area contributed by atoms with E-state index in [1.807, 2.05) is 72.8 Å². The third-order valence-electron chi connectivity index (χ3n) is 4.53. The maximum Gasteiger partial charge on any atom is 2.00 e. The van der Waals surface area contributed by atoms with Gasteiger partial charge in [0.05, 0.1) is 43.1 Å². The molecule has 0 radical (unpaired) electrons. The summed E-state index contributed by atoms with van der Waals surface area (Å²) in [6, 6.07) is 22.9. The van der Waals surface area contributed by atoms with E-state index in [1.54, 1.807) is 24.8 Å². The number of hydrogen-bond acceptors (Lipinski definition) is 20. The molecule has 0 aliphatic rings. The fraction of sp³-hybridized carbons (Fsp3) is 0.0769. The summed E-state index contributed by atoms with van der Waals surface area (Å²) < 4.78 is 0. The van der Waals surface area contributed by atoms with E-state index in [-0.39, 0.29) is 54.6 Å². The van der Waals surface area contributed by atoms with Crippen LogP contribution in [0, 0.1) is 61.3 Å². The van der Waals surface area contributed by atoms with E-state index in [4.69, 9.17) is 81.5 Å². The van der Waals surface area contributed by atoms with Gasteiger partial charge in [-0.05, 0) is 48.5 Å². The molecule has 0 aliphatic heterocycles. The van der Waals surface area contributed by atoms with Crippen molar-refractivity contribution in [2.24, 2.45) is 0 Å². The Morgan fingerprint density at radius 1 is 0.385 bits per heavy atom. The first-order chi connectivity index (χ1) is 23.8. The van der Waals surface area contributed by atoms with Crippen LogP contribution in [0.1, 0.15) is 0 Å². The molecule has 26 heteroatoms. The fourth-order valence-corrected chi connectivity index (χ4v) is 3.16. The van der Waals surface area contributed by atoms with Crippen LogP contribution in [0.3, 0.4) is 0 Å². The van der Waals surface area contributed by atoms with Gasteiger partial charge in [-0.3, -0.25) is 19.9 Å². The number of hydrogen-bond donors (Lipinski definition) is 2. The second-order valence-electron chi connectivity index (χ2n) is 7.37. The van der Waals surface area contributed by atoms with Crippen molar-refractivity contribution in [2.75, 3.05) is 14.2 Å². The molecular weight excluding hydrogens is 901 g/mol. The summed E-state index contributed by atoms with van der Waals surface area (Å²) in [4.78, 5) is 61.0. The molecule has 5 aromatic heterocycles. The predicted octanol–water partition coefficient (Wildman–Crippen LogP) is 2.98. The zero-order chi connectivity index (χ0) is 38.5. The Hall–Kier alpha value is -5.76. The maximum atomic E-state index is 8.25. The van der Waals surface area contributed by atoms with Gasteiger partial charge < -0.3 is 71.5 Å². The van der Waals surface area contributed by atoms with Crippen molar-refractivity contribution in [1.82, 2.24) is 29.9 Å². The molecule has 0 atom stereocenters. The molecule has 52 heavy (non-hydrogen) atoms.